The Bertz CT molecular complexity index is 474. The van der Waals surface area contributed by atoms with Gasteiger partial charge < -0.3 is 0 Å². The quantitative estimate of drug-likeness (QED) is 0.622. The first kappa shape index (κ1) is 13.0. The maximum Gasteiger partial charge on any atom is 0.274 e. The summed E-state index contributed by atoms with van der Waals surface area (Å²) in [5.41, 5.74) is 3.19. The first-order chi connectivity index (χ1) is 8.52. The summed E-state index contributed by atoms with van der Waals surface area (Å²) < 4.78 is 14.0. The summed E-state index contributed by atoms with van der Waals surface area (Å²) in [4.78, 5) is 13.5. The standard InChI is InChI=1S/C13H17FN2O2/c1-8(2)16-4-3-9-5-10(13(17)15-18)6-12(14)11(9)7-16/h5-6,8,18H,3-4,7H2,1-2H3,(H,15,17). The van der Waals surface area contributed by atoms with Crippen LogP contribution in [0, 0.1) is 5.82 Å². The van der Waals surface area contributed by atoms with Crippen LogP contribution in [0.25, 0.3) is 0 Å². The molecule has 0 atom stereocenters. The molecule has 0 bridgehead atoms. The van der Waals surface area contributed by atoms with Crippen LogP contribution in [0.15, 0.2) is 12.1 Å². The van der Waals surface area contributed by atoms with Crippen LogP contribution in [0.4, 0.5) is 4.39 Å². The molecule has 0 aliphatic carbocycles. The SMILES string of the molecule is CC(C)N1CCc2cc(C(=O)NO)cc(F)c2C1. The number of nitrogens with one attached hydrogen (secondary N) is 1. The van der Waals surface area contributed by atoms with Crippen LogP contribution in [0.3, 0.4) is 0 Å². The van der Waals surface area contributed by atoms with Gasteiger partial charge in [0.25, 0.3) is 5.91 Å². The summed E-state index contributed by atoms with van der Waals surface area (Å²) >= 11 is 0. The predicted molar refractivity (Wildman–Crippen MR) is 64.9 cm³/mol. The molecule has 1 amide bonds. The van der Waals surface area contributed by atoms with Crippen molar-refractivity contribution >= 4 is 5.91 Å². The molecular formula is C13H17FN2O2. The third kappa shape index (κ3) is 2.37. The van der Waals surface area contributed by atoms with E-state index in [4.69, 9.17) is 5.21 Å². The van der Waals surface area contributed by atoms with Crippen LogP contribution >= 0.6 is 0 Å². The minimum Gasteiger partial charge on any atom is -0.296 e. The molecule has 0 fully saturated rings. The lowest BCUT2D eigenvalue weighted by Gasteiger charge is -2.32. The molecule has 0 aromatic heterocycles. The Hall–Kier alpha value is -1.46. The number of carbonyl (C=O) groups excluding carboxylic acids is 1. The molecular weight excluding hydrogens is 235 g/mol. The van der Waals surface area contributed by atoms with Crippen LogP contribution in [0.5, 0.6) is 0 Å². The second kappa shape index (κ2) is 5.04. The normalized spacial score (nSPS) is 15.6. The van der Waals surface area contributed by atoms with Crippen molar-refractivity contribution in [1.82, 2.24) is 10.4 Å². The van der Waals surface area contributed by atoms with E-state index in [1.54, 1.807) is 6.07 Å². The molecule has 2 N–H and O–H groups in total. The number of fused-ring (bicyclic) bond motifs is 1. The van der Waals surface area contributed by atoms with Crippen LogP contribution < -0.4 is 5.48 Å². The van der Waals surface area contributed by atoms with Gasteiger partial charge in [0.1, 0.15) is 5.82 Å². The molecule has 0 spiro atoms. The second-order valence-electron chi connectivity index (χ2n) is 4.85. The molecule has 1 aliphatic rings. The van der Waals surface area contributed by atoms with Crippen molar-refractivity contribution in [2.45, 2.75) is 32.9 Å². The Balaban J connectivity index is 2.34. The highest BCUT2D eigenvalue weighted by Gasteiger charge is 2.22. The number of nitrogens with zero attached hydrogens (tertiary/aromatic N) is 1. The number of rotatable bonds is 2. The molecule has 1 aliphatic heterocycles. The van der Waals surface area contributed by atoms with Crippen molar-refractivity contribution in [2.24, 2.45) is 0 Å². The van der Waals surface area contributed by atoms with E-state index in [9.17, 15) is 9.18 Å². The van der Waals surface area contributed by atoms with Crippen LogP contribution in [0.2, 0.25) is 0 Å². The van der Waals surface area contributed by atoms with Gasteiger partial charge in [-0.15, -0.1) is 0 Å². The third-order valence-corrected chi connectivity index (χ3v) is 3.41. The number of halogens is 1. The summed E-state index contributed by atoms with van der Waals surface area (Å²) in [7, 11) is 0. The topological polar surface area (TPSA) is 52.6 Å². The number of benzene rings is 1. The molecule has 4 nitrogen and oxygen atoms in total. The number of hydrogen-bond acceptors (Lipinski definition) is 3. The average Bonchev–Trinajstić information content (AvgIpc) is 2.37. The Kier molecular flexibility index (Phi) is 3.63. The van der Waals surface area contributed by atoms with Crippen LogP contribution in [0.1, 0.15) is 35.3 Å². The summed E-state index contributed by atoms with van der Waals surface area (Å²) in [6.45, 7) is 5.58. The van der Waals surface area contributed by atoms with E-state index in [0.717, 1.165) is 18.5 Å². The number of hydrogen-bond donors (Lipinski definition) is 2. The zero-order valence-corrected chi connectivity index (χ0v) is 10.5. The van der Waals surface area contributed by atoms with Gasteiger partial charge in [0, 0.05) is 30.3 Å². The lowest BCUT2D eigenvalue weighted by Crippen LogP contribution is -2.36. The van der Waals surface area contributed by atoms with Crippen molar-refractivity contribution < 1.29 is 14.4 Å². The number of hydroxylamine groups is 1. The molecule has 98 valence electrons. The van der Waals surface area contributed by atoms with E-state index < -0.39 is 5.91 Å². The zero-order chi connectivity index (χ0) is 13.3. The molecule has 5 heteroatoms. The van der Waals surface area contributed by atoms with Crippen molar-refractivity contribution in [1.29, 1.82) is 0 Å². The lowest BCUT2D eigenvalue weighted by atomic mass is 9.95. The average molecular weight is 252 g/mol. The van der Waals surface area contributed by atoms with E-state index in [1.807, 2.05) is 0 Å². The van der Waals surface area contributed by atoms with Gasteiger partial charge >= 0.3 is 0 Å². The molecule has 1 aromatic carbocycles. The third-order valence-electron chi connectivity index (χ3n) is 3.41. The van der Waals surface area contributed by atoms with Gasteiger partial charge in [0.05, 0.1) is 0 Å². The Morgan fingerprint density at radius 1 is 1.50 bits per heavy atom. The largest absolute Gasteiger partial charge is 0.296 e. The van der Waals surface area contributed by atoms with Gasteiger partial charge in [-0.25, -0.2) is 9.87 Å². The van der Waals surface area contributed by atoms with Gasteiger partial charge in [0.2, 0.25) is 0 Å². The highest BCUT2D eigenvalue weighted by molar-refractivity contribution is 5.93. The van der Waals surface area contributed by atoms with Crippen molar-refractivity contribution in [3.63, 3.8) is 0 Å². The smallest absolute Gasteiger partial charge is 0.274 e. The van der Waals surface area contributed by atoms with E-state index in [-0.39, 0.29) is 11.4 Å². The number of carbonyl (C=O) groups is 1. The van der Waals surface area contributed by atoms with Gasteiger partial charge in [-0.05, 0) is 38.0 Å². The van der Waals surface area contributed by atoms with Gasteiger partial charge in [-0.3, -0.25) is 14.9 Å². The van der Waals surface area contributed by atoms with Gasteiger partial charge in [0.15, 0.2) is 0 Å². The molecule has 1 aromatic rings. The maximum absolute atomic E-state index is 14.0. The van der Waals surface area contributed by atoms with E-state index in [0.29, 0.717) is 18.2 Å². The van der Waals surface area contributed by atoms with E-state index in [2.05, 4.69) is 18.7 Å². The lowest BCUT2D eigenvalue weighted by molar-refractivity contribution is 0.0705. The summed E-state index contributed by atoms with van der Waals surface area (Å²) in [5.74, 6) is -1.06. The van der Waals surface area contributed by atoms with Crippen molar-refractivity contribution in [3.05, 3.63) is 34.6 Å². The minimum atomic E-state index is -0.678. The maximum atomic E-state index is 14.0. The fourth-order valence-corrected chi connectivity index (χ4v) is 2.28. The first-order valence-electron chi connectivity index (χ1n) is 6.02. The highest BCUT2D eigenvalue weighted by atomic mass is 19.1. The molecule has 1 heterocycles. The molecule has 2 rings (SSSR count). The van der Waals surface area contributed by atoms with Crippen LogP contribution in [-0.2, 0) is 13.0 Å². The van der Waals surface area contributed by atoms with Gasteiger partial charge in [-0.2, -0.15) is 0 Å². The zero-order valence-electron chi connectivity index (χ0n) is 10.5. The fraction of sp³-hybridized carbons (Fsp3) is 0.462. The molecule has 0 saturated heterocycles. The van der Waals surface area contributed by atoms with E-state index >= 15 is 0 Å². The van der Waals surface area contributed by atoms with E-state index in [1.165, 1.54) is 11.5 Å². The Morgan fingerprint density at radius 2 is 2.22 bits per heavy atom. The Labute approximate surface area is 105 Å². The van der Waals surface area contributed by atoms with Crippen molar-refractivity contribution in [2.75, 3.05) is 6.54 Å². The summed E-state index contributed by atoms with van der Waals surface area (Å²) in [5, 5.41) is 8.57. The second-order valence-corrected chi connectivity index (χ2v) is 4.85. The Morgan fingerprint density at radius 3 is 2.83 bits per heavy atom. The monoisotopic (exact) mass is 252 g/mol. The number of amides is 1. The summed E-state index contributed by atoms with van der Waals surface area (Å²) in [6.07, 6.45) is 0.719. The molecule has 0 unspecified atom stereocenters. The first-order valence-corrected chi connectivity index (χ1v) is 6.02. The molecule has 0 radical (unpaired) electrons. The highest BCUT2D eigenvalue weighted by Crippen LogP contribution is 2.24. The molecule has 18 heavy (non-hydrogen) atoms. The summed E-state index contributed by atoms with van der Waals surface area (Å²) in [6, 6.07) is 3.20. The predicted octanol–water partition coefficient (Wildman–Crippen LogP) is 1.71. The fourth-order valence-electron chi connectivity index (χ4n) is 2.28. The minimum absolute atomic E-state index is 0.159. The molecule has 0 saturated carbocycles. The van der Waals surface area contributed by atoms with Gasteiger partial charge in [-0.1, -0.05) is 0 Å². The van der Waals surface area contributed by atoms with Crippen molar-refractivity contribution in [3.8, 4) is 0 Å². The van der Waals surface area contributed by atoms with Crippen LogP contribution in [-0.4, -0.2) is 28.6 Å².